The summed E-state index contributed by atoms with van der Waals surface area (Å²) in [4.78, 5) is 11.2. The smallest absolute Gasteiger partial charge is 0.146 e. The van der Waals surface area contributed by atoms with Crippen LogP contribution >= 0.6 is 0 Å². The lowest BCUT2D eigenvalue weighted by atomic mass is 10.1. The molecule has 0 aliphatic rings. The molecule has 0 radical (unpaired) electrons. The molecule has 0 aromatic rings. The highest BCUT2D eigenvalue weighted by Gasteiger charge is 2.04. The molecule has 0 aromatic heterocycles. The van der Waals surface area contributed by atoms with Gasteiger partial charge in [-0.1, -0.05) is 27.7 Å². The standard InChI is InChI=1S/C10H21NO/c1-8(2)5-10(12)7-11-6-9(3)4/h8-9,11H,5-7H2,1-4H3. The summed E-state index contributed by atoms with van der Waals surface area (Å²) in [6, 6.07) is 0. The van der Waals surface area contributed by atoms with Gasteiger partial charge in [0.15, 0.2) is 0 Å². The van der Waals surface area contributed by atoms with E-state index < -0.39 is 0 Å². The second-order valence-corrected chi connectivity index (χ2v) is 4.16. The molecule has 12 heavy (non-hydrogen) atoms. The minimum Gasteiger partial charge on any atom is -0.310 e. The van der Waals surface area contributed by atoms with Crippen molar-refractivity contribution in [2.75, 3.05) is 13.1 Å². The van der Waals surface area contributed by atoms with E-state index in [2.05, 4.69) is 33.0 Å². The van der Waals surface area contributed by atoms with Crippen LogP contribution in [-0.4, -0.2) is 18.9 Å². The maximum atomic E-state index is 11.2. The predicted octanol–water partition coefficient (Wildman–Crippen LogP) is 1.85. The summed E-state index contributed by atoms with van der Waals surface area (Å²) in [6.07, 6.45) is 0.699. The van der Waals surface area contributed by atoms with Crippen molar-refractivity contribution in [1.82, 2.24) is 5.32 Å². The fourth-order valence-electron chi connectivity index (χ4n) is 1.03. The van der Waals surface area contributed by atoms with Gasteiger partial charge in [-0.2, -0.15) is 0 Å². The Kier molecular flexibility index (Phi) is 5.99. The van der Waals surface area contributed by atoms with Gasteiger partial charge in [-0.25, -0.2) is 0 Å². The van der Waals surface area contributed by atoms with Gasteiger partial charge in [-0.05, 0) is 18.4 Å². The van der Waals surface area contributed by atoms with Crippen molar-refractivity contribution in [3.8, 4) is 0 Å². The molecule has 0 rings (SSSR count). The molecule has 0 saturated heterocycles. The van der Waals surface area contributed by atoms with E-state index in [4.69, 9.17) is 0 Å². The Morgan fingerprint density at radius 1 is 1.17 bits per heavy atom. The van der Waals surface area contributed by atoms with Crippen LogP contribution in [0, 0.1) is 11.8 Å². The SMILES string of the molecule is CC(C)CNCC(=O)CC(C)C. The summed E-state index contributed by atoms with van der Waals surface area (Å²) in [5.74, 6) is 1.43. The van der Waals surface area contributed by atoms with E-state index in [9.17, 15) is 4.79 Å². The molecule has 0 aliphatic heterocycles. The molecular weight excluding hydrogens is 150 g/mol. The maximum absolute atomic E-state index is 11.2. The first-order valence-electron chi connectivity index (χ1n) is 4.74. The zero-order valence-corrected chi connectivity index (χ0v) is 8.68. The quantitative estimate of drug-likeness (QED) is 0.660. The summed E-state index contributed by atoms with van der Waals surface area (Å²) in [7, 11) is 0. The zero-order chi connectivity index (χ0) is 9.56. The van der Waals surface area contributed by atoms with Crippen LogP contribution in [0.2, 0.25) is 0 Å². The number of ketones is 1. The van der Waals surface area contributed by atoms with Crippen molar-refractivity contribution >= 4 is 5.78 Å². The van der Waals surface area contributed by atoms with Gasteiger partial charge in [0.1, 0.15) is 5.78 Å². The Morgan fingerprint density at radius 2 is 1.75 bits per heavy atom. The Labute approximate surface area is 75.7 Å². The highest BCUT2D eigenvalue weighted by Crippen LogP contribution is 1.99. The van der Waals surface area contributed by atoms with Crippen LogP contribution in [0.5, 0.6) is 0 Å². The van der Waals surface area contributed by atoms with Crippen LogP contribution in [0.4, 0.5) is 0 Å². The average molecular weight is 171 g/mol. The molecule has 2 heteroatoms. The molecule has 72 valence electrons. The van der Waals surface area contributed by atoms with Crippen LogP contribution in [0.1, 0.15) is 34.1 Å². The molecular formula is C10H21NO. The van der Waals surface area contributed by atoms with Crippen LogP contribution in [-0.2, 0) is 4.79 Å². The molecule has 0 fully saturated rings. The van der Waals surface area contributed by atoms with Gasteiger partial charge in [-0.15, -0.1) is 0 Å². The van der Waals surface area contributed by atoms with Gasteiger partial charge in [0.05, 0.1) is 6.54 Å². The average Bonchev–Trinajstić information content (AvgIpc) is 1.84. The monoisotopic (exact) mass is 171 g/mol. The van der Waals surface area contributed by atoms with Crippen molar-refractivity contribution < 1.29 is 4.79 Å². The van der Waals surface area contributed by atoms with E-state index in [1.54, 1.807) is 0 Å². The van der Waals surface area contributed by atoms with Gasteiger partial charge >= 0.3 is 0 Å². The molecule has 0 unspecified atom stereocenters. The minimum absolute atomic E-state index is 0.325. The molecule has 0 bridgehead atoms. The van der Waals surface area contributed by atoms with E-state index in [0.29, 0.717) is 30.6 Å². The van der Waals surface area contributed by atoms with E-state index in [1.165, 1.54) is 0 Å². The van der Waals surface area contributed by atoms with Crippen molar-refractivity contribution in [1.29, 1.82) is 0 Å². The molecule has 1 N–H and O–H groups in total. The number of rotatable bonds is 6. The first-order chi connectivity index (χ1) is 5.52. The van der Waals surface area contributed by atoms with E-state index in [0.717, 1.165) is 6.54 Å². The van der Waals surface area contributed by atoms with Crippen molar-refractivity contribution in [3.63, 3.8) is 0 Å². The number of hydrogen-bond acceptors (Lipinski definition) is 2. The first kappa shape index (κ1) is 11.6. The lowest BCUT2D eigenvalue weighted by molar-refractivity contribution is -0.118. The Hall–Kier alpha value is -0.370. The Bertz CT molecular complexity index is 130. The van der Waals surface area contributed by atoms with Gasteiger partial charge in [0.2, 0.25) is 0 Å². The van der Waals surface area contributed by atoms with Crippen LogP contribution in [0.25, 0.3) is 0 Å². The lowest BCUT2D eigenvalue weighted by Crippen LogP contribution is -2.27. The maximum Gasteiger partial charge on any atom is 0.146 e. The van der Waals surface area contributed by atoms with E-state index >= 15 is 0 Å². The second kappa shape index (κ2) is 6.18. The summed E-state index contributed by atoms with van der Waals surface area (Å²) >= 11 is 0. The number of carbonyl (C=O) groups excluding carboxylic acids is 1. The zero-order valence-electron chi connectivity index (χ0n) is 8.68. The highest BCUT2D eigenvalue weighted by atomic mass is 16.1. The largest absolute Gasteiger partial charge is 0.310 e. The van der Waals surface area contributed by atoms with E-state index in [1.807, 2.05) is 0 Å². The van der Waals surface area contributed by atoms with Gasteiger partial charge in [-0.3, -0.25) is 4.79 Å². The Morgan fingerprint density at radius 3 is 2.17 bits per heavy atom. The van der Waals surface area contributed by atoms with Gasteiger partial charge in [0, 0.05) is 6.42 Å². The number of carbonyl (C=O) groups is 1. The third-order valence-corrected chi connectivity index (χ3v) is 1.51. The fourth-order valence-corrected chi connectivity index (χ4v) is 1.03. The molecule has 0 aromatic carbocycles. The molecule has 0 spiro atoms. The van der Waals surface area contributed by atoms with Crippen molar-refractivity contribution in [2.45, 2.75) is 34.1 Å². The summed E-state index contributed by atoms with van der Waals surface area (Å²) in [6.45, 7) is 9.89. The topological polar surface area (TPSA) is 29.1 Å². The second-order valence-electron chi connectivity index (χ2n) is 4.16. The summed E-state index contributed by atoms with van der Waals surface area (Å²) in [5, 5.41) is 3.14. The third kappa shape index (κ3) is 7.73. The van der Waals surface area contributed by atoms with Crippen molar-refractivity contribution in [2.24, 2.45) is 11.8 Å². The number of nitrogens with one attached hydrogen (secondary N) is 1. The molecule has 0 heterocycles. The van der Waals surface area contributed by atoms with Crippen LogP contribution in [0.15, 0.2) is 0 Å². The molecule has 0 aliphatic carbocycles. The minimum atomic E-state index is 0.325. The lowest BCUT2D eigenvalue weighted by Gasteiger charge is -2.07. The molecule has 2 nitrogen and oxygen atoms in total. The first-order valence-corrected chi connectivity index (χ1v) is 4.74. The Balaban J connectivity index is 3.32. The normalized spacial score (nSPS) is 11.2. The van der Waals surface area contributed by atoms with E-state index in [-0.39, 0.29) is 0 Å². The summed E-state index contributed by atoms with van der Waals surface area (Å²) < 4.78 is 0. The van der Waals surface area contributed by atoms with Crippen molar-refractivity contribution in [3.05, 3.63) is 0 Å². The highest BCUT2D eigenvalue weighted by molar-refractivity contribution is 5.80. The van der Waals surface area contributed by atoms with Crippen LogP contribution in [0.3, 0.4) is 0 Å². The molecule has 0 amide bonds. The van der Waals surface area contributed by atoms with Crippen LogP contribution < -0.4 is 5.32 Å². The number of Topliss-reactive ketones (excluding diaryl/α,β-unsaturated/α-hetero) is 1. The fraction of sp³-hybridized carbons (Fsp3) is 0.900. The predicted molar refractivity (Wildman–Crippen MR) is 52.2 cm³/mol. The number of hydrogen-bond donors (Lipinski definition) is 1. The molecule has 0 saturated carbocycles. The van der Waals surface area contributed by atoms with Gasteiger partial charge < -0.3 is 5.32 Å². The van der Waals surface area contributed by atoms with Gasteiger partial charge in [0.25, 0.3) is 0 Å². The molecule has 0 atom stereocenters. The third-order valence-electron chi connectivity index (χ3n) is 1.51. The summed E-state index contributed by atoms with van der Waals surface area (Å²) in [5.41, 5.74) is 0.